The van der Waals surface area contributed by atoms with Crippen LogP contribution in [0.1, 0.15) is 30.9 Å². The van der Waals surface area contributed by atoms with E-state index in [2.05, 4.69) is 36.2 Å². The third-order valence-electron chi connectivity index (χ3n) is 3.60. The number of hydrogen-bond acceptors (Lipinski definition) is 2. The summed E-state index contributed by atoms with van der Waals surface area (Å²) in [7, 11) is 0. The molecule has 0 unspecified atom stereocenters. The number of nitrogens with two attached hydrogens (primary N) is 1. The van der Waals surface area contributed by atoms with Crippen molar-refractivity contribution in [2.24, 2.45) is 5.73 Å². The highest BCUT2D eigenvalue weighted by Gasteiger charge is 2.27. The van der Waals surface area contributed by atoms with Gasteiger partial charge in [-0.1, -0.05) is 36.4 Å². The fourth-order valence-electron chi connectivity index (χ4n) is 2.42. The predicted molar refractivity (Wildman–Crippen MR) is 73.9 cm³/mol. The summed E-state index contributed by atoms with van der Waals surface area (Å²) in [6, 6.07) is 8.64. The molecule has 2 rings (SSSR count). The molecule has 3 N–H and O–H groups in total. The number of hydrogen-bond donors (Lipinski definition) is 2. The first-order chi connectivity index (χ1) is 8.09. The van der Waals surface area contributed by atoms with E-state index < -0.39 is 0 Å². The Hall–Kier alpha value is -1.12. The van der Waals surface area contributed by atoms with Gasteiger partial charge in [-0.2, -0.15) is 0 Å². The van der Waals surface area contributed by atoms with Crippen LogP contribution in [0.5, 0.6) is 0 Å². The number of nitrogens with one attached hydrogen (secondary N) is 1. The second kappa shape index (κ2) is 5.03. The Balaban J connectivity index is 2.05. The van der Waals surface area contributed by atoms with Crippen LogP contribution in [0.15, 0.2) is 30.8 Å². The van der Waals surface area contributed by atoms with Gasteiger partial charge in [-0.15, -0.1) is 0 Å². The van der Waals surface area contributed by atoms with Crippen LogP contribution in [0.3, 0.4) is 0 Å². The van der Waals surface area contributed by atoms with E-state index in [1.165, 1.54) is 11.1 Å². The van der Waals surface area contributed by atoms with Crippen LogP contribution in [-0.2, 0) is 6.42 Å². The number of piperidine rings is 1. The second-order valence-corrected chi connectivity index (χ2v) is 5.27. The summed E-state index contributed by atoms with van der Waals surface area (Å²) < 4.78 is 0. The zero-order chi connectivity index (χ0) is 12.3. The summed E-state index contributed by atoms with van der Waals surface area (Å²) in [6.07, 6.45) is 3.11. The van der Waals surface area contributed by atoms with Crippen molar-refractivity contribution in [3.05, 3.63) is 42.0 Å². The average molecular weight is 230 g/mol. The SMILES string of the molecule is C=C(C)c1ccc(CC2(N)CCNCC2)cc1. The van der Waals surface area contributed by atoms with E-state index in [-0.39, 0.29) is 5.54 Å². The lowest BCUT2D eigenvalue weighted by atomic mass is 9.83. The molecule has 0 spiro atoms. The van der Waals surface area contributed by atoms with Gasteiger partial charge in [0.15, 0.2) is 0 Å². The monoisotopic (exact) mass is 230 g/mol. The van der Waals surface area contributed by atoms with Gasteiger partial charge in [-0.05, 0) is 50.4 Å². The zero-order valence-corrected chi connectivity index (χ0v) is 10.6. The number of benzene rings is 1. The van der Waals surface area contributed by atoms with Crippen LogP contribution in [0.4, 0.5) is 0 Å². The number of allylic oxidation sites excluding steroid dienone is 1. The standard InChI is InChI=1S/C15H22N2/c1-12(2)14-5-3-13(4-6-14)11-15(16)7-9-17-10-8-15/h3-6,17H,1,7-11,16H2,2H3. The molecular weight excluding hydrogens is 208 g/mol. The lowest BCUT2D eigenvalue weighted by Crippen LogP contribution is -2.50. The molecule has 1 aromatic rings. The van der Waals surface area contributed by atoms with Gasteiger partial charge in [0.1, 0.15) is 0 Å². The average Bonchev–Trinajstić information content (AvgIpc) is 2.30. The van der Waals surface area contributed by atoms with Crippen LogP contribution >= 0.6 is 0 Å². The fourth-order valence-corrected chi connectivity index (χ4v) is 2.42. The van der Waals surface area contributed by atoms with Gasteiger partial charge in [-0.3, -0.25) is 0 Å². The zero-order valence-electron chi connectivity index (χ0n) is 10.6. The lowest BCUT2D eigenvalue weighted by molar-refractivity contribution is 0.308. The second-order valence-electron chi connectivity index (χ2n) is 5.27. The van der Waals surface area contributed by atoms with Crippen molar-refractivity contribution < 1.29 is 0 Å². The molecule has 1 aromatic carbocycles. The van der Waals surface area contributed by atoms with Crippen molar-refractivity contribution >= 4 is 5.57 Å². The molecule has 0 atom stereocenters. The first-order valence-electron chi connectivity index (χ1n) is 6.33. The topological polar surface area (TPSA) is 38.0 Å². The normalized spacial score (nSPS) is 18.9. The maximum Gasteiger partial charge on any atom is 0.0219 e. The Morgan fingerprint density at radius 2 is 1.88 bits per heavy atom. The summed E-state index contributed by atoms with van der Waals surface area (Å²) in [6.45, 7) is 8.07. The molecule has 0 radical (unpaired) electrons. The number of rotatable bonds is 3. The van der Waals surface area contributed by atoms with Crippen molar-refractivity contribution in [3.63, 3.8) is 0 Å². The van der Waals surface area contributed by atoms with Gasteiger partial charge in [-0.25, -0.2) is 0 Å². The van der Waals surface area contributed by atoms with Gasteiger partial charge in [0.05, 0.1) is 0 Å². The lowest BCUT2D eigenvalue weighted by Gasteiger charge is -2.34. The van der Waals surface area contributed by atoms with Crippen molar-refractivity contribution in [3.8, 4) is 0 Å². The molecule has 0 bridgehead atoms. The van der Waals surface area contributed by atoms with E-state index in [0.717, 1.165) is 37.9 Å². The van der Waals surface area contributed by atoms with Crippen LogP contribution in [-0.4, -0.2) is 18.6 Å². The van der Waals surface area contributed by atoms with E-state index >= 15 is 0 Å². The van der Waals surface area contributed by atoms with Crippen molar-refractivity contribution in [1.82, 2.24) is 5.32 Å². The minimum absolute atomic E-state index is 0.0179. The first kappa shape index (κ1) is 12.3. The third kappa shape index (κ3) is 3.18. The van der Waals surface area contributed by atoms with Gasteiger partial charge in [0.25, 0.3) is 0 Å². The summed E-state index contributed by atoms with van der Waals surface area (Å²) in [5.41, 5.74) is 10.1. The summed E-state index contributed by atoms with van der Waals surface area (Å²) >= 11 is 0. The smallest absolute Gasteiger partial charge is 0.0219 e. The summed E-state index contributed by atoms with van der Waals surface area (Å²) in [4.78, 5) is 0. The molecule has 92 valence electrons. The van der Waals surface area contributed by atoms with Crippen LogP contribution < -0.4 is 11.1 Å². The molecule has 2 heteroatoms. The molecule has 1 fully saturated rings. The molecule has 0 saturated carbocycles. The molecule has 1 aliphatic rings. The molecule has 1 aliphatic heterocycles. The van der Waals surface area contributed by atoms with E-state index in [4.69, 9.17) is 5.73 Å². The Morgan fingerprint density at radius 3 is 2.41 bits per heavy atom. The van der Waals surface area contributed by atoms with Gasteiger partial charge in [0, 0.05) is 5.54 Å². The van der Waals surface area contributed by atoms with Crippen LogP contribution in [0, 0.1) is 0 Å². The maximum atomic E-state index is 6.43. The Morgan fingerprint density at radius 1 is 1.29 bits per heavy atom. The quantitative estimate of drug-likeness (QED) is 0.836. The molecule has 0 aromatic heterocycles. The molecule has 1 saturated heterocycles. The highest BCUT2D eigenvalue weighted by Crippen LogP contribution is 2.22. The van der Waals surface area contributed by atoms with E-state index in [1.54, 1.807) is 0 Å². The van der Waals surface area contributed by atoms with Crippen LogP contribution in [0.2, 0.25) is 0 Å². The minimum atomic E-state index is -0.0179. The Bertz CT molecular complexity index is 386. The van der Waals surface area contributed by atoms with E-state index in [1.807, 2.05) is 6.92 Å². The largest absolute Gasteiger partial charge is 0.325 e. The molecular formula is C15H22N2. The van der Waals surface area contributed by atoms with Gasteiger partial charge in [0.2, 0.25) is 0 Å². The third-order valence-corrected chi connectivity index (χ3v) is 3.60. The molecule has 17 heavy (non-hydrogen) atoms. The molecule has 2 nitrogen and oxygen atoms in total. The fraction of sp³-hybridized carbons (Fsp3) is 0.467. The Kier molecular flexibility index (Phi) is 3.65. The van der Waals surface area contributed by atoms with E-state index in [0.29, 0.717) is 0 Å². The molecule has 1 heterocycles. The van der Waals surface area contributed by atoms with E-state index in [9.17, 15) is 0 Å². The first-order valence-corrected chi connectivity index (χ1v) is 6.33. The Labute approximate surface area is 104 Å². The highest BCUT2D eigenvalue weighted by molar-refractivity contribution is 5.61. The maximum absolute atomic E-state index is 6.43. The molecule has 0 aliphatic carbocycles. The highest BCUT2D eigenvalue weighted by atomic mass is 14.9. The van der Waals surface area contributed by atoms with Crippen molar-refractivity contribution in [2.75, 3.05) is 13.1 Å². The predicted octanol–water partition coefficient (Wildman–Crippen LogP) is 2.34. The van der Waals surface area contributed by atoms with Crippen molar-refractivity contribution in [1.29, 1.82) is 0 Å². The van der Waals surface area contributed by atoms with Gasteiger partial charge >= 0.3 is 0 Å². The molecule has 0 amide bonds. The minimum Gasteiger partial charge on any atom is -0.325 e. The summed E-state index contributed by atoms with van der Waals surface area (Å²) in [5.74, 6) is 0. The van der Waals surface area contributed by atoms with Gasteiger partial charge < -0.3 is 11.1 Å². The summed E-state index contributed by atoms with van der Waals surface area (Å²) in [5, 5.41) is 3.36. The van der Waals surface area contributed by atoms with Crippen LogP contribution in [0.25, 0.3) is 5.57 Å². The van der Waals surface area contributed by atoms with Crippen molar-refractivity contribution in [2.45, 2.75) is 31.7 Å².